The van der Waals surface area contributed by atoms with Gasteiger partial charge >= 0.3 is 5.97 Å². The lowest BCUT2D eigenvalue weighted by Gasteiger charge is -2.12. The highest BCUT2D eigenvalue weighted by atomic mass is 32.1. The average molecular weight is 518 g/mol. The van der Waals surface area contributed by atoms with E-state index in [0.29, 0.717) is 26.3 Å². The second-order valence-electron chi connectivity index (χ2n) is 8.34. The quantitative estimate of drug-likeness (QED) is 0.302. The zero-order valence-electron chi connectivity index (χ0n) is 19.5. The van der Waals surface area contributed by atoms with Crippen molar-refractivity contribution in [2.75, 3.05) is 23.4 Å². The Bertz CT molecular complexity index is 1550. The molecule has 5 rings (SSSR count). The van der Waals surface area contributed by atoms with Gasteiger partial charge in [0.2, 0.25) is 0 Å². The van der Waals surface area contributed by atoms with Crippen molar-refractivity contribution in [3.8, 4) is 17.2 Å². The van der Waals surface area contributed by atoms with Crippen molar-refractivity contribution in [1.29, 1.82) is 5.26 Å². The summed E-state index contributed by atoms with van der Waals surface area (Å²) in [5.74, 6) is -0.806. The summed E-state index contributed by atoms with van der Waals surface area (Å²) < 4.78 is 5.30. The van der Waals surface area contributed by atoms with Crippen LogP contribution in [0.25, 0.3) is 21.3 Å². The number of aryl methyl sites for hydroxylation is 1. The van der Waals surface area contributed by atoms with Crippen LogP contribution in [0.3, 0.4) is 0 Å². The lowest BCUT2D eigenvalue weighted by atomic mass is 9.95. The molecule has 0 atom stereocenters. The number of nitriles is 1. The molecule has 0 bridgehead atoms. The summed E-state index contributed by atoms with van der Waals surface area (Å²) in [6.07, 6.45) is 3.68. The number of nitrogens with one attached hydrogen (secondary N) is 1. The molecule has 1 aliphatic carbocycles. The molecule has 0 spiro atoms. The number of pyridine rings is 1. The number of carbonyl (C=O) groups excluding carboxylic acids is 2. The van der Waals surface area contributed by atoms with Gasteiger partial charge in [0.05, 0.1) is 17.9 Å². The van der Waals surface area contributed by atoms with Gasteiger partial charge in [0.25, 0.3) is 5.91 Å². The third-order valence-electron chi connectivity index (χ3n) is 6.16. The summed E-state index contributed by atoms with van der Waals surface area (Å²) in [4.78, 5) is 32.5. The van der Waals surface area contributed by atoms with E-state index in [2.05, 4.69) is 16.4 Å². The van der Waals surface area contributed by atoms with Crippen LogP contribution < -0.4 is 16.8 Å². The van der Waals surface area contributed by atoms with Crippen molar-refractivity contribution >= 4 is 61.3 Å². The first-order valence-corrected chi connectivity index (χ1v) is 13.2. The number of hydrogen-bond acceptors (Lipinski definition) is 9. The number of nitrogen functional groups attached to an aromatic ring is 2. The normalized spacial score (nSPS) is 12.7. The van der Waals surface area contributed by atoms with E-state index in [9.17, 15) is 14.9 Å². The molecule has 0 fully saturated rings. The number of fused-ring (bicyclic) bond motifs is 2. The topological polar surface area (TPSA) is 144 Å². The van der Waals surface area contributed by atoms with Crippen LogP contribution in [-0.4, -0.2) is 23.5 Å². The van der Waals surface area contributed by atoms with Gasteiger partial charge in [-0.3, -0.25) is 4.79 Å². The number of carbonyl (C=O) groups is 2. The number of thiophene rings is 2. The number of hydrogen-bond donors (Lipinski definition) is 3. The molecule has 3 heterocycles. The number of rotatable bonds is 5. The molecule has 0 saturated heterocycles. The minimum absolute atomic E-state index is 0.0765. The molecule has 1 aliphatic rings. The summed E-state index contributed by atoms with van der Waals surface area (Å²) in [6, 6.07) is 11.4. The summed E-state index contributed by atoms with van der Waals surface area (Å²) in [5.41, 5.74) is 15.8. The second-order valence-corrected chi connectivity index (χ2v) is 10.4. The predicted molar refractivity (Wildman–Crippen MR) is 143 cm³/mol. The molecule has 0 radical (unpaired) electrons. The summed E-state index contributed by atoms with van der Waals surface area (Å²) in [7, 11) is 0. The fourth-order valence-electron chi connectivity index (χ4n) is 4.58. The van der Waals surface area contributed by atoms with Gasteiger partial charge in [-0.25, -0.2) is 9.78 Å². The molecule has 5 N–H and O–H groups in total. The van der Waals surface area contributed by atoms with E-state index in [4.69, 9.17) is 16.2 Å². The van der Waals surface area contributed by atoms with Gasteiger partial charge in [-0.05, 0) is 43.7 Å². The van der Waals surface area contributed by atoms with Crippen molar-refractivity contribution in [1.82, 2.24) is 4.98 Å². The van der Waals surface area contributed by atoms with Crippen molar-refractivity contribution in [2.24, 2.45) is 0 Å². The largest absolute Gasteiger partial charge is 0.462 e. The predicted octanol–water partition coefficient (Wildman–Crippen LogP) is 5.37. The number of nitrogens with two attached hydrogens (primary N) is 2. The lowest BCUT2D eigenvalue weighted by Crippen LogP contribution is -2.15. The van der Waals surface area contributed by atoms with Crippen LogP contribution >= 0.6 is 22.7 Å². The number of esters is 1. The molecule has 3 aromatic heterocycles. The molecule has 4 aromatic rings. The number of benzene rings is 1. The van der Waals surface area contributed by atoms with Crippen molar-refractivity contribution in [2.45, 2.75) is 32.6 Å². The second kappa shape index (κ2) is 9.60. The van der Waals surface area contributed by atoms with E-state index in [-0.39, 0.29) is 28.6 Å². The Morgan fingerprint density at radius 2 is 1.92 bits per heavy atom. The highest BCUT2D eigenvalue weighted by Crippen LogP contribution is 2.44. The van der Waals surface area contributed by atoms with E-state index >= 15 is 0 Å². The maximum atomic E-state index is 13.5. The molecule has 1 amide bonds. The van der Waals surface area contributed by atoms with Gasteiger partial charge in [-0.2, -0.15) is 5.26 Å². The van der Waals surface area contributed by atoms with E-state index in [1.807, 2.05) is 30.3 Å². The van der Waals surface area contributed by atoms with Gasteiger partial charge in [0.1, 0.15) is 32.2 Å². The van der Waals surface area contributed by atoms with Crippen LogP contribution in [0.2, 0.25) is 0 Å². The van der Waals surface area contributed by atoms with Gasteiger partial charge in [-0.15, -0.1) is 22.7 Å². The third-order valence-corrected chi connectivity index (χ3v) is 8.47. The lowest BCUT2D eigenvalue weighted by molar-refractivity contribution is 0.0526. The smallest absolute Gasteiger partial charge is 0.341 e. The Hall–Kier alpha value is -3.94. The van der Waals surface area contributed by atoms with Crippen LogP contribution in [-0.2, 0) is 17.6 Å². The van der Waals surface area contributed by atoms with Crippen LogP contribution in [0, 0.1) is 11.3 Å². The van der Waals surface area contributed by atoms with Crippen LogP contribution in [0.15, 0.2) is 30.3 Å². The molecule has 36 heavy (non-hydrogen) atoms. The number of anilines is 3. The molecule has 1 aromatic carbocycles. The first-order valence-electron chi connectivity index (χ1n) is 11.5. The monoisotopic (exact) mass is 517 g/mol. The summed E-state index contributed by atoms with van der Waals surface area (Å²) in [5, 5.41) is 13.7. The number of ether oxygens (including phenoxy) is 1. The minimum atomic E-state index is -0.448. The maximum absolute atomic E-state index is 13.5. The molecular formula is C26H23N5O3S2. The van der Waals surface area contributed by atoms with Gasteiger partial charge in [0.15, 0.2) is 0 Å². The molecule has 10 heteroatoms. The minimum Gasteiger partial charge on any atom is -0.462 e. The summed E-state index contributed by atoms with van der Waals surface area (Å²) >= 11 is 2.52. The van der Waals surface area contributed by atoms with Crippen molar-refractivity contribution < 1.29 is 14.3 Å². The van der Waals surface area contributed by atoms with Crippen LogP contribution in [0.5, 0.6) is 0 Å². The van der Waals surface area contributed by atoms with E-state index < -0.39 is 11.9 Å². The fraction of sp³-hybridized carbons (Fsp3) is 0.231. The third kappa shape index (κ3) is 3.96. The molecule has 0 unspecified atom stereocenters. The number of aromatic nitrogens is 1. The van der Waals surface area contributed by atoms with E-state index in [1.54, 1.807) is 6.92 Å². The Morgan fingerprint density at radius 3 is 2.64 bits per heavy atom. The van der Waals surface area contributed by atoms with Crippen molar-refractivity contribution in [3.05, 3.63) is 56.8 Å². The number of nitrogens with zero attached hydrogens (tertiary/aromatic N) is 2. The maximum Gasteiger partial charge on any atom is 0.341 e. The van der Waals surface area contributed by atoms with Crippen molar-refractivity contribution in [3.63, 3.8) is 0 Å². The molecule has 0 aliphatic heterocycles. The average Bonchev–Trinajstić information content (AvgIpc) is 3.40. The Balaban J connectivity index is 1.61. The van der Waals surface area contributed by atoms with Crippen LogP contribution in [0.4, 0.5) is 16.5 Å². The van der Waals surface area contributed by atoms with Gasteiger partial charge in [0, 0.05) is 15.8 Å². The van der Waals surface area contributed by atoms with Gasteiger partial charge in [-0.1, -0.05) is 30.3 Å². The first-order chi connectivity index (χ1) is 17.4. The standard InChI is InChI=1S/C26H23N5O3S2/c1-2-34-26(33)18-14-10-6-7-11-16(14)35-24(18)31-23(32)21-20(28)19-17(13-8-4-3-5-9-13)15(12-27)22(29)30-25(19)36-21/h3-5,8-9H,2,6-7,10-11,28H2,1H3,(H2,29,30)(H,31,32). The SMILES string of the molecule is CCOC(=O)c1c(NC(=O)c2sc3nc(N)c(C#N)c(-c4ccccc4)c3c2N)sc2c1CCCC2. The fourth-order valence-corrected chi connectivity index (χ4v) is 6.86. The van der Waals surface area contributed by atoms with Crippen LogP contribution in [0.1, 0.15) is 55.8 Å². The van der Waals surface area contributed by atoms with E-state index in [0.717, 1.165) is 53.0 Å². The molecule has 0 saturated carbocycles. The summed E-state index contributed by atoms with van der Waals surface area (Å²) in [6.45, 7) is 2.00. The zero-order chi connectivity index (χ0) is 25.4. The molecular weight excluding hydrogens is 494 g/mol. The Kier molecular flexibility index (Phi) is 6.35. The Morgan fingerprint density at radius 1 is 1.17 bits per heavy atom. The number of amides is 1. The van der Waals surface area contributed by atoms with E-state index in [1.165, 1.54) is 11.3 Å². The zero-order valence-corrected chi connectivity index (χ0v) is 21.1. The van der Waals surface area contributed by atoms with Gasteiger partial charge < -0.3 is 21.5 Å². The first kappa shape index (κ1) is 23.8. The Labute approximate surface area is 215 Å². The molecule has 8 nitrogen and oxygen atoms in total. The highest BCUT2D eigenvalue weighted by molar-refractivity contribution is 7.21. The molecule has 182 valence electrons. The highest BCUT2D eigenvalue weighted by Gasteiger charge is 2.29.